The van der Waals surface area contributed by atoms with Gasteiger partial charge in [-0.2, -0.15) is 0 Å². The molecule has 2 amide bonds. The smallest absolute Gasteiger partial charge is 0.249 e. The van der Waals surface area contributed by atoms with Gasteiger partial charge in [-0.05, 0) is 38.8 Å². The van der Waals surface area contributed by atoms with E-state index in [1.807, 2.05) is 9.80 Å². The lowest BCUT2D eigenvalue weighted by Crippen LogP contribution is -2.60. The minimum atomic E-state index is -0.429. The Kier molecular flexibility index (Phi) is 5.92. The molecule has 8 heteroatoms. The number of carbonyl (C=O) groups excluding carboxylic acids is 2. The van der Waals surface area contributed by atoms with Gasteiger partial charge in [-0.15, -0.1) is 0 Å². The number of ether oxygens (including phenoxy) is 1. The van der Waals surface area contributed by atoms with E-state index >= 15 is 0 Å². The molecule has 8 nitrogen and oxygen atoms in total. The van der Waals surface area contributed by atoms with Gasteiger partial charge < -0.3 is 24.4 Å². The van der Waals surface area contributed by atoms with Crippen LogP contribution in [-0.2, 0) is 26.3 Å². The Labute approximate surface area is 172 Å². The minimum Gasteiger partial charge on any atom is -0.375 e. The minimum absolute atomic E-state index is 0.00629. The standard InChI is InChI=1S/C21H33N5O3/c1-3-24-9-4-5-16(13-24)20(28)25-11-7-21(8-12-25)19-17(22-15-23-19)6-10-26(21)18(27)14-29-2/h15-16H,3-14H2,1-2H3,(H,22,23). The number of H-pyrrole nitrogens is 1. The molecule has 2 saturated heterocycles. The second-order valence-electron chi connectivity index (χ2n) is 8.55. The van der Waals surface area contributed by atoms with Crippen molar-refractivity contribution in [3.8, 4) is 0 Å². The van der Waals surface area contributed by atoms with E-state index in [0.29, 0.717) is 19.6 Å². The maximum atomic E-state index is 13.2. The van der Waals surface area contributed by atoms with Crippen LogP contribution in [0.3, 0.4) is 0 Å². The van der Waals surface area contributed by atoms with Crippen molar-refractivity contribution in [3.63, 3.8) is 0 Å². The summed E-state index contributed by atoms with van der Waals surface area (Å²) >= 11 is 0. The largest absolute Gasteiger partial charge is 0.375 e. The van der Waals surface area contributed by atoms with Crippen LogP contribution >= 0.6 is 0 Å². The predicted molar refractivity (Wildman–Crippen MR) is 108 cm³/mol. The molecule has 0 aromatic carbocycles. The lowest BCUT2D eigenvalue weighted by atomic mass is 9.78. The van der Waals surface area contributed by atoms with Crippen molar-refractivity contribution in [2.45, 2.75) is 44.6 Å². The fourth-order valence-corrected chi connectivity index (χ4v) is 5.45. The summed E-state index contributed by atoms with van der Waals surface area (Å²) in [5.74, 6) is 0.397. The molecule has 4 heterocycles. The summed E-state index contributed by atoms with van der Waals surface area (Å²) < 4.78 is 5.13. The summed E-state index contributed by atoms with van der Waals surface area (Å²) in [6.07, 6.45) is 6.06. The van der Waals surface area contributed by atoms with Crippen LogP contribution in [0.4, 0.5) is 0 Å². The van der Waals surface area contributed by atoms with Crippen molar-refractivity contribution in [3.05, 3.63) is 17.7 Å². The van der Waals surface area contributed by atoms with E-state index in [4.69, 9.17) is 4.74 Å². The van der Waals surface area contributed by atoms with Crippen molar-refractivity contribution in [1.29, 1.82) is 0 Å². The first-order valence-electron chi connectivity index (χ1n) is 10.9. The summed E-state index contributed by atoms with van der Waals surface area (Å²) in [6, 6.07) is 0. The fraction of sp³-hybridized carbons (Fsp3) is 0.762. The van der Waals surface area contributed by atoms with Gasteiger partial charge in [0.25, 0.3) is 0 Å². The molecule has 160 valence electrons. The van der Waals surface area contributed by atoms with E-state index in [9.17, 15) is 9.59 Å². The molecule has 3 aliphatic heterocycles. The van der Waals surface area contributed by atoms with Crippen LogP contribution < -0.4 is 0 Å². The molecule has 0 aliphatic carbocycles. The molecule has 1 aromatic rings. The molecule has 1 aromatic heterocycles. The summed E-state index contributed by atoms with van der Waals surface area (Å²) in [7, 11) is 1.56. The Balaban J connectivity index is 1.50. The number of nitrogens with one attached hydrogen (secondary N) is 1. The molecule has 29 heavy (non-hydrogen) atoms. The van der Waals surface area contributed by atoms with Gasteiger partial charge >= 0.3 is 0 Å². The zero-order valence-corrected chi connectivity index (χ0v) is 17.7. The summed E-state index contributed by atoms with van der Waals surface area (Å²) in [5.41, 5.74) is 1.68. The van der Waals surface area contributed by atoms with Crippen LogP contribution in [0.2, 0.25) is 0 Å². The van der Waals surface area contributed by atoms with E-state index in [1.165, 1.54) is 0 Å². The zero-order chi connectivity index (χ0) is 20.4. The van der Waals surface area contributed by atoms with Crippen molar-refractivity contribution in [1.82, 2.24) is 24.7 Å². The van der Waals surface area contributed by atoms with E-state index in [0.717, 1.165) is 63.1 Å². The predicted octanol–water partition coefficient (Wildman–Crippen LogP) is 0.990. The lowest BCUT2D eigenvalue weighted by Gasteiger charge is -2.50. The topological polar surface area (TPSA) is 81.8 Å². The van der Waals surface area contributed by atoms with Crippen LogP contribution in [0.25, 0.3) is 0 Å². The number of likely N-dealkylation sites (tertiary alicyclic amines) is 2. The molecule has 0 radical (unpaired) electrons. The zero-order valence-electron chi connectivity index (χ0n) is 17.7. The van der Waals surface area contributed by atoms with Crippen LogP contribution in [0.15, 0.2) is 6.33 Å². The van der Waals surface area contributed by atoms with Gasteiger partial charge in [0.15, 0.2) is 0 Å². The Bertz CT molecular complexity index is 740. The molecule has 0 bridgehead atoms. The van der Waals surface area contributed by atoms with E-state index < -0.39 is 5.54 Å². The number of hydrogen-bond donors (Lipinski definition) is 1. The molecular weight excluding hydrogens is 370 g/mol. The molecular formula is C21H33N5O3. The highest BCUT2D eigenvalue weighted by molar-refractivity contribution is 5.80. The van der Waals surface area contributed by atoms with Gasteiger partial charge in [0, 0.05) is 45.4 Å². The van der Waals surface area contributed by atoms with Gasteiger partial charge in [0.1, 0.15) is 6.61 Å². The maximum Gasteiger partial charge on any atom is 0.249 e. The molecule has 2 fully saturated rings. The highest BCUT2D eigenvalue weighted by Crippen LogP contribution is 2.42. The third kappa shape index (κ3) is 3.68. The van der Waals surface area contributed by atoms with E-state index in [1.54, 1.807) is 13.4 Å². The summed E-state index contributed by atoms with van der Waals surface area (Å²) in [5, 5.41) is 0. The summed E-state index contributed by atoms with van der Waals surface area (Å²) in [4.78, 5) is 40.2. The molecule has 1 spiro atoms. The third-order valence-corrected chi connectivity index (χ3v) is 7.03. The second kappa shape index (κ2) is 8.44. The Morgan fingerprint density at radius 2 is 2.07 bits per heavy atom. The highest BCUT2D eigenvalue weighted by Gasteiger charge is 2.49. The number of fused-ring (bicyclic) bond motifs is 2. The fourth-order valence-electron chi connectivity index (χ4n) is 5.45. The molecule has 1 N–H and O–H groups in total. The van der Waals surface area contributed by atoms with Crippen molar-refractivity contribution in [2.75, 3.05) is 53.0 Å². The van der Waals surface area contributed by atoms with Crippen molar-refractivity contribution >= 4 is 11.8 Å². The average Bonchev–Trinajstić information content (AvgIpc) is 3.24. The van der Waals surface area contributed by atoms with Crippen molar-refractivity contribution < 1.29 is 14.3 Å². The van der Waals surface area contributed by atoms with Gasteiger partial charge in [-0.1, -0.05) is 6.92 Å². The van der Waals surface area contributed by atoms with E-state index in [2.05, 4.69) is 21.8 Å². The molecule has 1 unspecified atom stereocenters. The number of carbonyl (C=O) groups is 2. The first-order chi connectivity index (χ1) is 14.1. The van der Waals surface area contributed by atoms with Gasteiger partial charge in [0.05, 0.1) is 23.5 Å². The highest BCUT2D eigenvalue weighted by atomic mass is 16.5. The number of piperidine rings is 2. The van der Waals surface area contributed by atoms with Crippen LogP contribution in [-0.4, -0.2) is 89.5 Å². The first kappa shape index (κ1) is 20.3. The van der Waals surface area contributed by atoms with Gasteiger partial charge in [-0.25, -0.2) is 4.98 Å². The number of hydrogen-bond acceptors (Lipinski definition) is 5. The summed E-state index contributed by atoms with van der Waals surface area (Å²) in [6.45, 7) is 7.23. The molecule has 1 atom stereocenters. The molecule has 0 saturated carbocycles. The number of rotatable bonds is 4. The SMILES string of the molecule is CCN1CCCC(C(=O)N2CCC3(CC2)c2nc[nH]c2CCN3C(=O)COC)C1. The van der Waals surface area contributed by atoms with Crippen LogP contribution in [0.1, 0.15) is 44.0 Å². The van der Waals surface area contributed by atoms with Crippen molar-refractivity contribution in [2.24, 2.45) is 5.92 Å². The number of aromatic nitrogens is 2. The maximum absolute atomic E-state index is 13.2. The first-order valence-corrected chi connectivity index (χ1v) is 10.9. The van der Waals surface area contributed by atoms with Crippen LogP contribution in [0.5, 0.6) is 0 Å². The quantitative estimate of drug-likeness (QED) is 0.811. The lowest BCUT2D eigenvalue weighted by molar-refractivity contribution is -0.149. The Hall–Kier alpha value is -1.93. The molecule has 3 aliphatic rings. The van der Waals surface area contributed by atoms with Crippen LogP contribution in [0, 0.1) is 5.92 Å². The number of imidazole rings is 1. The number of amides is 2. The third-order valence-electron chi connectivity index (χ3n) is 7.03. The Morgan fingerprint density at radius 1 is 1.28 bits per heavy atom. The van der Waals surface area contributed by atoms with Gasteiger partial charge in [-0.3, -0.25) is 9.59 Å². The molecule has 4 rings (SSSR count). The second-order valence-corrected chi connectivity index (χ2v) is 8.55. The monoisotopic (exact) mass is 403 g/mol. The average molecular weight is 404 g/mol. The Morgan fingerprint density at radius 3 is 2.79 bits per heavy atom. The number of nitrogens with zero attached hydrogens (tertiary/aromatic N) is 4. The van der Waals surface area contributed by atoms with Gasteiger partial charge in [0.2, 0.25) is 11.8 Å². The normalized spacial score (nSPS) is 24.6. The number of aromatic amines is 1. The van der Waals surface area contributed by atoms with E-state index in [-0.39, 0.29) is 24.3 Å². The number of methoxy groups -OCH3 is 1.